The first-order valence-corrected chi connectivity index (χ1v) is 6.51. The molecule has 2 unspecified atom stereocenters. The molecule has 0 amide bonds. The second-order valence-electron chi connectivity index (χ2n) is 5.77. The molecule has 0 bridgehead atoms. The van der Waals surface area contributed by atoms with Gasteiger partial charge in [-0.1, -0.05) is 32.8 Å². The smallest absolute Gasteiger partial charge is 0.0508 e. The number of pyridine rings is 1. The molecule has 0 spiro atoms. The lowest BCUT2D eigenvalue weighted by molar-refractivity contribution is 0.0981. The molecule has 0 aliphatic heterocycles. The highest BCUT2D eigenvalue weighted by atomic mass is 15.2. The van der Waals surface area contributed by atoms with Gasteiger partial charge < -0.3 is 0 Å². The number of rotatable bonds is 3. The zero-order chi connectivity index (χ0) is 12.3. The summed E-state index contributed by atoms with van der Waals surface area (Å²) in [6.45, 7) is 4.72. The van der Waals surface area contributed by atoms with Crippen LogP contribution in [-0.2, 0) is 0 Å². The van der Waals surface area contributed by atoms with Crippen molar-refractivity contribution in [1.82, 2.24) is 10.4 Å². The molecule has 1 heterocycles. The first-order chi connectivity index (χ1) is 8.15. The average molecular weight is 233 g/mol. The third-order valence-electron chi connectivity index (χ3n) is 4.22. The molecule has 17 heavy (non-hydrogen) atoms. The van der Waals surface area contributed by atoms with Crippen LogP contribution in [-0.4, -0.2) is 4.98 Å². The van der Waals surface area contributed by atoms with Gasteiger partial charge in [-0.15, -0.1) is 0 Å². The summed E-state index contributed by atoms with van der Waals surface area (Å²) in [5, 5.41) is 0. The SMILES string of the molecule is CC1(C)CCCCC1C(NN)c1cccnc1. The fourth-order valence-electron chi connectivity index (χ4n) is 3.14. The number of nitrogens with zero attached hydrogens (tertiary/aromatic N) is 1. The van der Waals surface area contributed by atoms with Crippen LogP contribution in [0.5, 0.6) is 0 Å². The zero-order valence-corrected chi connectivity index (χ0v) is 10.8. The molecule has 1 aromatic heterocycles. The lowest BCUT2D eigenvalue weighted by atomic mass is 9.65. The summed E-state index contributed by atoms with van der Waals surface area (Å²) < 4.78 is 0. The van der Waals surface area contributed by atoms with Crippen LogP contribution in [0, 0.1) is 11.3 Å². The molecular weight excluding hydrogens is 210 g/mol. The van der Waals surface area contributed by atoms with Gasteiger partial charge in [-0.05, 0) is 35.8 Å². The fraction of sp³-hybridized carbons (Fsp3) is 0.643. The number of aromatic nitrogens is 1. The van der Waals surface area contributed by atoms with E-state index in [0.717, 1.165) is 0 Å². The van der Waals surface area contributed by atoms with E-state index in [1.54, 1.807) is 0 Å². The maximum Gasteiger partial charge on any atom is 0.0508 e. The van der Waals surface area contributed by atoms with Crippen molar-refractivity contribution < 1.29 is 0 Å². The van der Waals surface area contributed by atoms with Gasteiger partial charge in [0.2, 0.25) is 0 Å². The van der Waals surface area contributed by atoms with Gasteiger partial charge in [0, 0.05) is 12.4 Å². The van der Waals surface area contributed by atoms with Gasteiger partial charge in [0.1, 0.15) is 0 Å². The van der Waals surface area contributed by atoms with E-state index in [0.29, 0.717) is 11.3 Å². The normalized spacial score (nSPS) is 25.5. The molecule has 94 valence electrons. The summed E-state index contributed by atoms with van der Waals surface area (Å²) in [7, 11) is 0. The van der Waals surface area contributed by atoms with Gasteiger partial charge in [0.05, 0.1) is 6.04 Å². The molecule has 1 saturated carbocycles. The van der Waals surface area contributed by atoms with Crippen LogP contribution in [0.1, 0.15) is 51.1 Å². The zero-order valence-electron chi connectivity index (χ0n) is 10.8. The minimum absolute atomic E-state index is 0.221. The van der Waals surface area contributed by atoms with Crippen molar-refractivity contribution in [3.8, 4) is 0 Å². The topological polar surface area (TPSA) is 50.9 Å². The molecule has 0 radical (unpaired) electrons. The Bertz CT molecular complexity index is 348. The molecule has 0 saturated heterocycles. The second-order valence-corrected chi connectivity index (χ2v) is 5.77. The molecule has 1 aliphatic rings. The van der Waals surface area contributed by atoms with E-state index in [1.807, 2.05) is 18.5 Å². The highest BCUT2D eigenvalue weighted by molar-refractivity contribution is 5.16. The van der Waals surface area contributed by atoms with E-state index in [9.17, 15) is 0 Å². The van der Waals surface area contributed by atoms with E-state index in [-0.39, 0.29) is 6.04 Å². The average Bonchev–Trinajstić information content (AvgIpc) is 2.33. The quantitative estimate of drug-likeness (QED) is 0.623. The first kappa shape index (κ1) is 12.5. The Hall–Kier alpha value is -0.930. The monoisotopic (exact) mass is 233 g/mol. The summed E-state index contributed by atoms with van der Waals surface area (Å²) in [6.07, 6.45) is 8.92. The number of hydrogen-bond acceptors (Lipinski definition) is 3. The minimum Gasteiger partial charge on any atom is -0.271 e. The van der Waals surface area contributed by atoms with Crippen molar-refractivity contribution in [2.24, 2.45) is 17.2 Å². The van der Waals surface area contributed by atoms with Gasteiger partial charge in [0.25, 0.3) is 0 Å². The molecule has 3 heteroatoms. The standard InChI is InChI=1S/C14H23N3/c1-14(2)8-4-3-7-12(14)13(17-15)11-6-5-9-16-10-11/h5-6,9-10,12-13,17H,3-4,7-8,15H2,1-2H3. The predicted octanol–water partition coefficient (Wildman–Crippen LogP) is 2.80. The van der Waals surface area contributed by atoms with Crippen LogP contribution in [0.4, 0.5) is 0 Å². The third kappa shape index (κ3) is 2.67. The Morgan fingerprint density at radius 1 is 1.47 bits per heavy atom. The molecule has 0 aromatic carbocycles. The Morgan fingerprint density at radius 2 is 2.29 bits per heavy atom. The van der Waals surface area contributed by atoms with Crippen molar-refractivity contribution >= 4 is 0 Å². The maximum atomic E-state index is 5.78. The Kier molecular flexibility index (Phi) is 3.79. The van der Waals surface area contributed by atoms with Crippen LogP contribution in [0.15, 0.2) is 24.5 Å². The van der Waals surface area contributed by atoms with Gasteiger partial charge in [-0.3, -0.25) is 16.3 Å². The minimum atomic E-state index is 0.221. The number of nitrogens with two attached hydrogens (primary N) is 1. The third-order valence-corrected chi connectivity index (χ3v) is 4.22. The van der Waals surface area contributed by atoms with Gasteiger partial charge in [-0.25, -0.2) is 0 Å². The van der Waals surface area contributed by atoms with Crippen molar-refractivity contribution in [1.29, 1.82) is 0 Å². The predicted molar refractivity (Wildman–Crippen MR) is 70.0 cm³/mol. The molecular formula is C14H23N3. The van der Waals surface area contributed by atoms with Crippen molar-refractivity contribution in [2.75, 3.05) is 0 Å². The highest BCUT2D eigenvalue weighted by Crippen LogP contribution is 2.46. The Balaban J connectivity index is 2.23. The summed E-state index contributed by atoms with van der Waals surface area (Å²) in [4.78, 5) is 4.20. The number of nitrogens with one attached hydrogen (secondary N) is 1. The second kappa shape index (κ2) is 5.15. The van der Waals surface area contributed by atoms with E-state index < -0.39 is 0 Å². The fourth-order valence-corrected chi connectivity index (χ4v) is 3.14. The van der Waals surface area contributed by atoms with E-state index >= 15 is 0 Å². The maximum absolute atomic E-state index is 5.78. The lowest BCUT2D eigenvalue weighted by Gasteiger charge is -2.43. The van der Waals surface area contributed by atoms with E-state index in [1.165, 1.54) is 31.2 Å². The van der Waals surface area contributed by atoms with E-state index in [2.05, 4.69) is 30.3 Å². The van der Waals surface area contributed by atoms with E-state index in [4.69, 9.17) is 5.84 Å². The van der Waals surface area contributed by atoms with Gasteiger partial charge >= 0.3 is 0 Å². The van der Waals surface area contributed by atoms with Crippen molar-refractivity contribution in [3.05, 3.63) is 30.1 Å². The molecule has 2 atom stereocenters. The number of hydrazine groups is 1. The lowest BCUT2D eigenvalue weighted by Crippen LogP contribution is -2.41. The molecule has 3 N–H and O–H groups in total. The Morgan fingerprint density at radius 3 is 2.88 bits per heavy atom. The molecule has 1 aliphatic carbocycles. The molecule has 3 nitrogen and oxygen atoms in total. The van der Waals surface area contributed by atoms with Crippen LogP contribution in [0.2, 0.25) is 0 Å². The first-order valence-electron chi connectivity index (χ1n) is 6.51. The molecule has 2 rings (SSSR count). The van der Waals surface area contributed by atoms with Crippen LogP contribution < -0.4 is 11.3 Å². The number of hydrogen-bond donors (Lipinski definition) is 2. The van der Waals surface area contributed by atoms with Crippen molar-refractivity contribution in [3.63, 3.8) is 0 Å². The van der Waals surface area contributed by atoms with Crippen LogP contribution in [0.25, 0.3) is 0 Å². The summed E-state index contributed by atoms with van der Waals surface area (Å²) >= 11 is 0. The van der Waals surface area contributed by atoms with Crippen molar-refractivity contribution in [2.45, 2.75) is 45.6 Å². The van der Waals surface area contributed by atoms with Gasteiger partial charge in [-0.2, -0.15) is 0 Å². The summed E-state index contributed by atoms with van der Waals surface area (Å²) in [5.74, 6) is 6.37. The molecule has 1 fully saturated rings. The molecule has 1 aromatic rings. The van der Waals surface area contributed by atoms with Crippen LogP contribution >= 0.6 is 0 Å². The van der Waals surface area contributed by atoms with Gasteiger partial charge in [0.15, 0.2) is 0 Å². The summed E-state index contributed by atoms with van der Waals surface area (Å²) in [5.41, 5.74) is 4.56. The largest absolute Gasteiger partial charge is 0.271 e. The highest BCUT2D eigenvalue weighted by Gasteiger charge is 2.37. The summed E-state index contributed by atoms with van der Waals surface area (Å²) in [6, 6.07) is 4.32. The Labute approximate surface area is 104 Å². The van der Waals surface area contributed by atoms with Crippen LogP contribution in [0.3, 0.4) is 0 Å².